The van der Waals surface area contributed by atoms with Gasteiger partial charge in [-0.3, -0.25) is 0 Å². The maximum absolute atomic E-state index is 13.8. The zero-order valence-electron chi connectivity index (χ0n) is 14.1. The number of hydrogen-bond donors (Lipinski definition) is 0. The third-order valence-corrected chi connectivity index (χ3v) is 4.38. The van der Waals surface area contributed by atoms with E-state index in [2.05, 4.69) is 0 Å². The average molecular weight is 332 g/mol. The van der Waals surface area contributed by atoms with Gasteiger partial charge in [-0.2, -0.15) is 5.26 Å². The Kier molecular flexibility index (Phi) is 3.90. The van der Waals surface area contributed by atoms with Crippen molar-refractivity contribution < 1.29 is 18.7 Å². The number of carbonyl (C=O) groups excluding carboxylic acids is 1. The fourth-order valence-electron chi connectivity index (χ4n) is 3.31. The van der Waals surface area contributed by atoms with E-state index in [0.29, 0.717) is 13.1 Å². The highest BCUT2D eigenvalue weighted by Gasteiger charge is 2.55. The van der Waals surface area contributed by atoms with E-state index in [1.807, 2.05) is 26.8 Å². The molecule has 2 aliphatic rings. The number of benzene rings is 1. The largest absolute Gasteiger partial charge is 0.487 e. The first-order chi connectivity index (χ1) is 11.2. The summed E-state index contributed by atoms with van der Waals surface area (Å²) < 4.78 is 24.8. The summed E-state index contributed by atoms with van der Waals surface area (Å²) >= 11 is 0. The van der Waals surface area contributed by atoms with Crippen LogP contribution in [0.2, 0.25) is 0 Å². The number of hydrogen-bond acceptors (Lipinski definition) is 4. The molecule has 6 heteroatoms. The van der Waals surface area contributed by atoms with Crippen molar-refractivity contribution in [3.05, 3.63) is 29.6 Å². The van der Waals surface area contributed by atoms with Crippen LogP contribution in [0.1, 0.15) is 39.2 Å². The monoisotopic (exact) mass is 332 g/mol. The predicted octanol–water partition coefficient (Wildman–Crippen LogP) is 3.48. The lowest BCUT2D eigenvalue weighted by Gasteiger charge is -2.58. The number of likely N-dealkylation sites (tertiary alicyclic amines) is 1. The second kappa shape index (κ2) is 5.66. The van der Waals surface area contributed by atoms with E-state index in [4.69, 9.17) is 14.7 Å². The van der Waals surface area contributed by atoms with Gasteiger partial charge in [0.25, 0.3) is 0 Å². The number of rotatable bonds is 2. The average Bonchev–Trinajstić information content (AvgIpc) is 2.39. The lowest BCUT2D eigenvalue weighted by Crippen LogP contribution is -2.66. The minimum atomic E-state index is -0.515. The summed E-state index contributed by atoms with van der Waals surface area (Å²) in [5, 5.41) is 8.74. The topological polar surface area (TPSA) is 62.6 Å². The molecule has 1 spiro atoms. The summed E-state index contributed by atoms with van der Waals surface area (Å²) in [6, 6.07) is 6.11. The number of carbonyl (C=O) groups is 1. The van der Waals surface area contributed by atoms with Crippen LogP contribution in [0.25, 0.3) is 0 Å². The molecule has 0 aromatic heterocycles. The summed E-state index contributed by atoms with van der Waals surface area (Å²) in [5.74, 6) is -0.337. The van der Waals surface area contributed by atoms with Gasteiger partial charge in [0.2, 0.25) is 0 Å². The van der Waals surface area contributed by atoms with E-state index in [0.717, 1.165) is 12.8 Å². The Hall–Kier alpha value is -2.29. The molecule has 1 heterocycles. The van der Waals surface area contributed by atoms with E-state index in [-0.39, 0.29) is 28.9 Å². The Bertz CT molecular complexity index is 691. The molecule has 1 amide bonds. The van der Waals surface area contributed by atoms with Crippen molar-refractivity contribution in [1.29, 1.82) is 5.26 Å². The second-order valence-corrected chi connectivity index (χ2v) is 7.74. The maximum atomic E-state index is 13.8. The molecule has 1 aliphatic heterocycles. The van der Waals surface area contributed by atoms with E-state index >= 15 is 0 Å². The fourth-order valence-corrected chi connectivity index (χ4v) is 3.31. The first kappa shape index (κ1) is 16.6. The molecule has 128 valence electrons. The molecule has 1 saturated heterocycles. The maximum Gasteiger partial charge on any atom is 0.410 e. The van der Waals surface area contributed by atoms with Gasteiger partial charge in [0.15, 0.2) is 11.6 Å². The normalized spacial score (nSPS) is 19.2. The third kappa shape index (κ3) is 3.30. The van der Waals surface area contributed by atoms with E-state index in [1.54, 1.807) is 11.0 Å². The fraction of sp³-hybridized carbons (Fsp3) is 0.556. The molecule has 0 atom stereocenters. The number of halogens is 1. The van der Waals surface area contributed by atoms with Crippen molar-refractivity contribution >= 4 is 6.09 Å². The summed E-state index contributed by atoms with van der Waals surface area (Å²) in [4.78, 5) is 13.6. The van der Waals surface area contributed by atoms with Gasteiger partial charge in [0.1, 0.15) is 11.7 Å². The molecule has 3 rings (SSSR count). The molecule has 0 radical (unpaired) electrons. The van der Waals surface area contributed by atoms with Gasteiger partial charge in [0.05, 0.1) is 11.6 Å². The minimum Gasteiger partial charge on any atom is -0.487 e. The number of ether oxygens (including phenoxy) is 2. The quantitative estimate of drug-likeness (QED) is 0.832. The van der Waals surface area contributed by atoms with Crippen LogP contribution in [0.4, 0.5) is 9.18 Å². The molecule has 1 saturated carbocycles. The summed E-state index contributed by atoms with van der Waals surface area (Å²) in [7, 11) is 0. The van der Waals surface area contributed by atoms with Gasteiger partial charge in [-0.1, -0.05) is 0 Å². The van der Waals surface area contributed by atoms with Crippen molar-refractivity contribution in [3.8, 4) is 11.8 Å². The smallest absolute Gasteiger partial charge is 0.410 e. The van der Waals surface area contributed by atoms with Crippen LogP contribution in [0.3, 0.4) is 0 Å². The van der Waals surface area contributed by atoms with Crippen LogP contribution in [-0.2, 0) is 4.74 Å². The van der Waals surface area contributed by atoms with Gasteiger partial charge in [-0.15, -0.1) is 0 Å². The lowest BCUT2D eigenvalue weighted by molar-refractivity contribution is -0.117. The number of amides is 1. The van der Waals surface area contributed by atoms with E-state index in [1.165, 1.54) is 12.1 Å². The van der Waals surface area contributed by atoms with Crippen LogP contribution in [0, 0.1) is 22.6 Å². The van der Waals surface area contributed by atoms with E-state index in [9.17, 15) is 9.18 Å². The summed E-state index contributed by atoms with van der Waals surface area (Å²) in [6.45, 7) is 6.87. The number of nitriles is 1. The molecule has 0 bridgehead atoms. The Morgan fingerprint density at radius 1 is 1.38 bits per heavy atom. The van der Waals surface area contributed by atoms with Gasteiger partial charge >= 0.3 is 6.09 Å². The molecule has 1 aromatic rings. The zero-order valence-corrected chi connectivity index (χ0v) is 14.1. The highest BCUT2D eigenvalue weighted by atomic mass is 19.1. The lowest BCUT2D eigenvalue weighted by atomic mass is 9.62. The Labute approximate surface area is 141 Å². The van der Waals surface area contributed by atoms with Crippen molar-refractivity contribution in [2.75, 3.05) is 13.1 Å². The van der Waals surface area contributed by atoms with Crippen molar-refractivity contribution in [2.45, 2.75) is 45.3 Å². The molecule has 1 aromatic carbocycles. The van der Waals surface area contributed by atoms with Gasteiger partial charge < -0.3 is 14.4 Å². The molecule has 24 heavy (non-hydrogen) atoms. The van der Waals surface area contributed by atoms with E-state index < -0.39 is 11.4 Å². The first-order valence-corrected chi connectivity index (χ1v) is 8.04. The molecule has 2 fully saturated rings. The van der Waals surface area contributed by atoms with Crippen LogP contribution in [0.5, 0.6) is 5.75 Å². The highest BCUT2D eigenvalue weighted by molar-refractivity contribution is 5.69. The minimum absolute atomic E-state index is 0.0479. The van der Waals surface area contributed by atoms with Crippen molar-refractivity contribution in [3.63, 3.8) is 0 Å². The number of nitrogens with zero attached hydrogens (tertiary/aromatic N) is 2. The molecular formula is C18H21FN2O3. The standard InChI is InChI=1S/C18H21FN2O3/c1-17(2,3)24-16(22)21-10-18(11-21)7-13(8-18)23-15-5-4-12(9-20)6-14(15)19/h4-6,13H,7-8,10-11H2,1-3H3. The molecular weight excluding hydrogens is 311 g/mol. The van der Waals surface area contributed by atoms with Crippen LogP contribution < -0.4 is 4.74 Å². The predicted molar refractivity (Wildman–Crippen MR) is 85.0 cm³/mol. The van der Waals surface area contributed by atoms with Crippen molar-refractivity contribution in [1.82, 2.24) is 4.90 Å². The highest BCUT2D eigenvalue weighted by Crippen LogP contribution is 2.50. The molecule has 5 nitrogen and oxygen atoms in total. The SMILES string of the molecule is CC(C)(C)OC(=O)N1CC2(CC(Oc3ccc(C#N)cc3F)C2)C1. The van der Waals surface area contributed by atoms with Crippen LogP contribution >= 0.6 is 0 Å². The van der Waals surface area contributed by atoms with Crippen molar-refractivity contribution in [2.24, 2.45) is 5.41 Å². The molecule has 0 unspecified atom stereocenters. The second-order valence-electron chi connectivity index (χ2n) is 7.74. The third-order valence-electron chi connectivity index (χ3n) is 4.38. The Morgan fingerprint density at radius 3 is 2.58 bits per heavy atom. The zero-order chi connectivity index (χ0) is 17.5. The van der Waals surface area contributed by atoms with Gasteiger partial charge in [0, 0.05) is 18.5 Å². The van der Waals surface area contributed by atoms with Gasteiger partial charge in [-0.25, -0.2) is 9.18 Å². The summed E-state index contributed by atoms with van der Waals surface area (Å²) in [6.07, 6.45) is 1.26. The Balaban J connectivity index is 1.47. The van der Waals surface area contributed by atoms with Gasteiger partial charge in [-0.05, 0) is 51.8 Å². The molecule has 1 aliphatic carbocycles. The Morgan fingerprint density at radius 2 is 2.04 bits per heavy atom. The summed E-state index contributed by atoms with van der Waals surface area (Å²) in [5.41, 5.74) is -0.125. The molecule has 0 N–H and O–H groups in total. The van der Waals surface area contributed by atoms with Crippen LogP contribution in [-0.4, -0.2) is 35.8 Å². The van der Waals surface area contributed by atoms with Crippen LogP contribution in [0.15, 0.2) is 18.2 Å². The first-order valence-electron chi connectivity index (χ1n) is 8.04.